The van der Waals surface area contributed by atoms with Gasteiger partial charge in [-0.25, -0.2) is 4.99 Å². The van der Waals surface area contributed by atoms with Gasteiger partial charge in [-0.3, -0.25) is 0 Å². The third-order valence-corrected chi connectivity index (χ3v) is 2.53. The van der Waals surface area contributed by atoms with Crippen LogP contribution in [0.2, 0.25) is 0 Å². The quantitative estimate of drug-likeness (QED) is 0.296. The molecule has 1 aromatic rings. The summed E-state index contributed by atoms with van der Waals surface area (Å²) in [6, 6.07) is 7.51. The van der Waals surface area contributed by atoms with Gasteiger partial charge in [0.05, 0.1) is 20.3 Å². The molecule has 120 valence electrons. The van der Waals surface area contributed by atoms with Crippen molar-refractivity contribution < 1.29 is 14.2 Å². The van der Waals surface area contributed by atoms with Crippen LogP contribution < -0.4 is 20.5 Å². The number of ether oxygens (including phenoxy) is 3. The van der Waals surface area contributed by atoms with Gasteiger partial charge in [0.15, 0.2) is 17.5 Å². The number of hydrogen-bond donors (Lipinski definition) is 2. The molecule has 1 rings (SSSR count). The van der Waals surface area contributed by atoms with Gasteiger partial charge in [-0.1, -0.05) is 12.1 Å². The zero-order valence-corrected chi connectivity index (χ0v) is 15.0. The first-order valence-corrected chi connectivity index (χ1v) is 6.49. The molecule has 3 N–H and O–H groups in total. The van der Waals surface area contributed by atoms with E-state index in [0.29, 0.717) is 37.2 Å². The number of benzene rings is 1. The Balaban J connectivity index is 0.00000400. The highest BCUT2D eigenvalue weighted by molar-refractivity contribution is 14.0. The highest BCUT2D eigenvalue weighted by atomic mass is 127. The minimum Gasteiger partial charge on any atom is -0.493 e. The molecule has 0 bridgehead atoms. The third kappa shape index (κ3) is 7.96. The summed E-state index contributed by atoms with van der Waals surface area (Å²) in [6.07, 6.45) is -0.103. The van der Waals surface area contributed by atoms with Crippen molar-refractivity contribution in [3.05, 3.63) is 24.3 Å². The average Bonchev–Trinajstić information content (AvgIpc) is 2.46. The lowest BCUT2D eigenvalue weighted by Gasteiger charge is -2.15. The summed E-state index contributed by atoms with van der Waals surface area (Å²) in [7, 11) is 3.25. The molecule has 0 saturated carbocycles. The summed E-state index contributed by atoms with van der Waals surface area (Å²) >= 11 is 0. The predicted molar refractivity (Wildman–Crippen MR) is 94.9 cm³/mol. The third-order valence-electron chi connectivity index (χ3n) is 2.53. The van der Waals surface area contributed by atoms with E-state index in [-0.39, 0.29) is 30.1 Å². The average molecular weight is 409 g/mol. The Bertz CT molecular complexity index is 430. The maximum Gasteiger partial charge on any atom is 0.188 e. The van der Waals surface area contributed by atoms with Gasteiger partial charge in [-0.15, -0.1) is 24.0 Å². The van der Waals surface area contributed by atoms with E-state index in [2.05, 4.69) is 10.3 Å². The van der Waals surface area contributed by atoms with Crippen LogP contribution in [-0.2, 0) is 4.74 Å². The molecule has 1 unspecified atom stereocenters. The summed E-state index contributed by atoms with van der Waals surface area (Å²) in [6.45, 7) is 3.61. The van der Waals surface area contributed by atoms with Crippen LogP contribution in [-0.4, -0.2) is 46.0 Å². The zero-order valence-electron chi connectivity index (χ0n) is 12.7. The Morgan fingerprint density at radius 1 is 1.29 bits per heavy atom. The molecule has 0 aliphatic rings. The molecular weight excluding hydrogens is 385 g/mol. The Labute approximate surface area is 143 Å². The molecule has 1 atom stereocenters. The molecule has 0 aromatic heterocycles. The van der Waals surface area contributed by atoms with E-state index in [0.717, 1.165) is 0 Å². The number of halogens is 1. The molecule has 0 spiro atoms. The van der Waals surface area contributed by atoms with Gasteiger partial charge < -0.3 is 25.3 Å². The highest BCUT2D eigenvalue weighted by Gasteiger charge is 2.07. The molecule has 0 aliphatic heterocycles. The number of nitrogens with one attached hydrogen (secondary N) is 1. The molecule has 0 aliphatic carbocycles. The van der Waals surface area contributed by atoms with Crippen LogP contribution in [0.25, 0.3) is 0 Å². The SMILES string of the molecule is COCCNC(N)=NCC(C)Oc1ccccc1OC.I. The van der Waals surface area contributed by atoms with Gasteiger partial charge in [0.2, 0.25) is 0 Å². The van der Waals surface area contributed by atoms with Crippen molar-refractivity contribution in [1.82, 2.24) is 5.32 Å². The van der Waals surface area contributed by atoms with Gasteiger partial charge in [-0.2, -0.15) is 0 Å². The predicted octanol–water partition coefficient (Wildman–Crippen LogP) is 1.63. The van der Waals surface area contributed by atoms with Crippen LogP contribution in [0.5, 0.6) is 11.5 Å². The molecule has 1 aromatic carbocycles. The normalized spacial score (nSPS) is 12.2. The topological polar surface area (TPSA) is 78.1 Å². The molecule has 21 heavy (non-hydrogen) atoms. The van der Waals surface area contributed by atoms with E-state index < -0.39 is 0 Å². The highest BCUT2D eigenvalue weighted by Crippen LogP contribution is 2.26. The van der Waals surface area contributed by atoms with Crippen molar-refractivity contribution in [3.63, 3.8) is 0 Å². The maximum atomic E-state index is 5.77. The van der Waals surface area contributed by atoms with E-state index >= 15 is 0 Å². The Morgan fingerprint density at radius 2 is 1.95 bits per heavy atom. The molecule has 0 amide bonds. The van der Waals surface area contributed by atoms with E-state index in [4.69, 9.17) is 19.9 Å². The number of guanidine groups is 1. The van der Waals surface area contributed by atoms with Crippen LogP contribution in [0.3, 0.4) is 0 Å². The zero-order chi connectivity index (χ0) is 14.8. The Hall–Kier alpha value is -1.22. The van der Waals surface area contributed by atoms with E-state index in [9.17, 15) is 0 Å². The van der Waals surface area contributed by atoms with Gasteiger partial charge in [-0.05, 0) is 19.1 Å². The second-order valence-corrected chi connectivity index (χ2v) is 4.22. The summed E-state index contributed by atoms with van der Waals surface area (Å²) in [5.41, 5.74) is 5.72. The first-order valence-electron chi connectivity index (χ1n) is 6.49. The first-order chi connectivity index (χ1) is 9.67. The van der Waals surface area contributed by atoms with Crippen LogP contribution >= 0.6 is 24.0 Å². The van der Waals surface area contributed by atoms with Crippen LogP contribution in [0.15, 0.2) is 29.3 Å². The first kappa shape index (κ1) is 19.8. The van der Waals surface area contributed by atoms with E-state index in [1.54, 1.807) is 14.2 Å². The second kappa shape index (κ2) is 11.4. The summed E-state index contributed by atoms with van der Waals surface area (Å²) in [5.74, 6) is 1.79. The van der Waals surface area contributed by atoms with Crippen molar-refractivity contribution >= 4 is 29.9 Å². The molecule has 0 radical (unpaired) electrons. The monoisotopic (exact) mass is 409 g/mol. The van der Waals surface area contributed by atoms with E-state index in [1.165, 1.54) is 0 Å². The fraction of sp³-hybridized carbons (Fsp3) is 0.500. The van der Waals surface area contributed by atoms with Crippen molar-refractivity contribution in [1.29, 1.82) is 0 Å². The van der Waals surface area contributed by atoms with Gasteiger partial charge in [0.1, 0.15) is 6.10 Å². The van der Waals surface area contributed by atoms with E-state index in [1.807, 2.05) is 31.2 Å². The van der Waals surface area contributed by atoms with Crippen molar-refractivity contribution in [2.24, 2.45) is 10.7 Å². The molecular formula is C14H24IN3O3. The molecule has 0 saturated heterocycles. The standard InChI is InChI=1S/C14H23N3O3.HI/c1-11(10-17-14(15)16-8-9-18-2)20-13-7-5-4-6-12(13)19-3;/h4-7,11H,8-10H2,1-3H3,(H3,15,16,17);1H. The van der Waals surface area contributed by atoms with Crippen LogP contribution in [0.1, 0.15) is 6.92 Å². The molecule has 0 fully saturated rings. The lowest BCUT2D eigenvalue weighted by Crippen LogP contribution is -2.35. The lowest BCUT2D eigenvalue weighted by atomic mass is 10.3. The fourth-order valence-electron chi connectivity index (χ4n) is 1.53. The Morgan fingerprint density at radius 3 is 2.57 bits per heavy atom. The minimum atomic E-state index is -0.103. The fourth-order valence-corrected chi connectivity index (χ4v) is 1.53. The summed E-state index contributed by atoms with van der Waals surface area (Å²) in [4.78, 5) is 4.21. The number of para-hydroxylation sites is 2. The molecule has 7 heteroatoms. The van der Waals surface area contributed by atoms with Crippen molar-refractivity contribution in [2.75, 3.05) is 33.9 Å². The molecule has 6 nitrogen and oxygen atoms in total. The second-order valence-electron chi connectivity index (χ2n) is 4.22. The summed E-state index contributed by atoms with van der Waals surface area (Å²) in [5, 5.41) is 2.95. The van der Waals surface area contributed by atoms with Crippen LogP contribution in [0, 0.1) is 0 Å². The van der Waals surface area contributed by atoms with Gasteiger partial charge in [0, 0.05) is 13.7 Å². The largest absolute Gasteiger partial charge is 0.493 e. The number of aliphatic imine (C=N–C) groups is 1. The number of rotatable bonds is 8. The van der Waals surface area contributed by atoms with Gasteiger partial charge >= 0.3 is 0 Å². The van der Waals surface area contributed by atoms with Crippen molar-refractivity contribution in [3.8, 4) is 11.5 Å². The van der Waals surface area contributed by atoms with Crippen molar-refractivity contribution in [2.45, 2.75) is 13.0 Å². The Kier molecular flexibility index (Phi) is 10.8. The van der Waals surface area contributed by atoms with Crippen LogP contribution in [0.4, 0.5) is 0 Å². The number of methoxy groups -OCH3 is 2. The number of nitrogens with zero attached hydrogens (tertiary/aromatic N) is 1. The lowest BCUT2D eigenvalue weighted by molar-refractivity contribution is 0.203. The van der Waals surface area contributed by atoms with Gasteiger partial charge in [0.25, 0.3) is 0 Å². The number of nitrogens with two attached hydrogens (primary N) is 1. The minimum absolute atomic E-state index is 0. The maximum absolute atomic E-state index is 5.77. The summed E-state index contributed by atoms with van der Waals surface area (Å²) < 4.78 is 15.9. The molecule has 0 heterocycles. The number of hydrogen-bond acceptors (Lipinski definition) is 4. The smallest absolute Gasteiger partial charge is 0.188 e.